The lowest BCUT2D eigenvalue weighted by molar-refractivity contribution is 0.0605. The Hall–Kier alpha value is -2.25. The standard InChI is InChI=1S/C14H15N3O3S/c1-8-11(13(19)20-2)21-14(16-8)17-12(18)10-6-4-3-5-9(10)7-15/h3-6H,7,15H2,1-2H3,(H,16,17,18). The van der Waals surface area contributed by atoms with Crippen LogP contribution in [0.3, 0.4) is 0 Å². The van der Waals surface area contributed by atoms with E-state index in [1.54, 1.807) is 25.1 Å². The SMILES string of the molecule is COC(=O)c1sc(NC(=O)c2ccccc2CN)nc1C. The first-order valence-corrected chi connectivity index (χ1v) is 7.03. The van der Waals surface area contributed by atoms with Gasteiger partial charge in [-0.05, 0) is 18.6 Å². The van der Waals surface area contributed by atoms with Gasteiger partial charge in [0, 0.05) is 12.1 Å². The molecule has 3 N–H and O–H groups in total. The number of hydrogen-bond donors (Lipinski definition) is 2. The number of thiazole rings is 1. The molecule has 1 aromatic carbocycles. The summed E-state index contributed by atoms with van der Waals surface area (Å²) < 4.78 is 4.66. The van der Waals surface area contributed by atoms with Gasteiger partial charge in [-0.1, -0.05) is 29.5 Å². The Morgan fingerprint density at radius 1 is 1.38 bits per heavy atom. The van der Waals surface area contributed by atoms with E-state index >= 15 is 0 Å². The number of nitrogens with one attached hydrogen (secondary N) is 1. The molecule has 0 aliphatic heterocycles. The summed E-state index contributed by atoms with van der Waals surface area (Å²) in [7, 11) is 1.30. The zero-order chi connectivity index (χ0) is 15.4. The van der Waals surface area contributed by atoms with Crippen molar-refractivity contribution in [3.63, 3.8) is 0 Å². The zero-order valence-electron chi connectivity index (χ0n) is 11.7. The number of amides is 1. The summed E-state index contributed by atoms with van der Waals surface area (Å²) >= 11 is 1.08. The van der Waals surface area contributed by atoms with E-state index in [1.165, 1.54) is 7.11 Å². The van der Waals surface area contributed by atoms with Gasteiger partial charge in [0.05, 0.1) is 12.8 Å². The van der Waals surface area contributed by atoms with E-state index in [4.69, 9.17) is 5.73 Å². The number of methoxy groups -OCH3 is 1. The van der Waals surface area contributed by atoms with Gasteiger partial charge in [-0.25, -0.2) is 9.78 Å². The maximum atomic E-state index is 12.2. The van der Waals surface area contributed by atoms with Crippen molar-refractivity contribution in [3.8, 4) is 0 Å². The molecule has 1 aromatic heterocycles. The average Bonchev–Trinajstić information content (AvgIpc) is 2.86. The smallest absolute Gasteiger partial charge is 0.350 e. The predicted octanol–water partition coefficient (Wildman–Crippen LogP) is 1.95. The van der Waals surface area contributed by atoms with Crippen LogP contribution in [0.5, 0.6) is 0 Å². The lowest BCUT2D eigenvalue weighted by Gasteiger charge is -2.06. The van der Waals surface area contributed by atoms with Gasteiger partial charge in [0.2, 0.25) is 0 Å². The summed E-state index contributed by atoms with van der Waals surface area (Å²) in [5.41, 5.74) is 7.38. The van der Waals surface area contributed by atoms with Gasteiger partial charge in [-0.15, -0.1) is 0 Å². The van der Waals surface area contributed by atoms with Gasteiger partial charge >= 0.3 is 5.97 Å². The van der Waals surface area contributed by atoms with Crippen molar-refractivity contribution in [2.24, 2.45) is 5.73 Å². The molecule has 0 saturated carbocycles. The Bertz CT molecular complexity index is 682. The quantitative estimate of drug-likeness (QED) is 0.842. The molecule has 0 aliphatic rings. The lowest BCUT2D eigenvalue weighted by Crippen LogP contribution is -2.15. The number of carbonyl (C=O) groups is 2. The largest absolute Gasteiger partial charge is 0.465 e. The van der Waals surface area contributed by atoms with E-state index in [9.17, 15) is 9.59 Å². The summed E-state index contributed by atoms with van der Waals surface area (Å²) in [6, 6.07) is 7.07. The molecule has 2 aromatic rings. The van der Waals surface area contributed by atoms with Crippen LogP contribution in [-0.4, -0.2) is 24.0 Å². The first-order valence-electron chi connectivity index (χ1n) is 6.22. The van der Waals surface area contributed by atoms with Crippen LogP contribution in [-0.2, 0) is 11.3 Å². The molecule has 0 aliphatic carbocycles. The minimum Gasteiger partial charge on any atom is -0.465 e. The first-order chi connectivity index (χ1) is 10.1. The summed E-state index contributed by atoms with van der Waals surface area (Å²) in [4.78, 5) is 28.3. The molecule has 1 amide bonds. The zero-order valence-corrected chi connectivity index (χ0v) is 12.5. The Balaban J connectivity index is 2.22. The highest BCUT2D eigenvalue weighted by molar-refractivity contribution is 7.17. The van der Waals surface area contributed by atoms with E-state index in [2.05, 4.69) is 15.0 Å². The summed E-state index contributed by atoms with van der Waals surface area (Å²) in [5, 5.41) is 3.03. The van der Waals surface area contributed by atoms with Crippen LogP contribution in [0.15, 0.2) is 24.3 Å². The normalized spacial score (nSPS) is 10.2. The molecular formula is C14H15N3O3S. The molecular weight excluding hydrogens is 290 g/mol. The number of esters is 1. The summed E-state index contributed by atoms with van der Waals surface area (Å²) in [5.74, 6) is -0.769. The fraction of sp³-hybridized carbons (Fsp3) is 0.214. The monoisotopic (exact) mass is 305 g/mol. The highest BCUT2D eigenvalue weighted by atomic mass is 32.1. The van der Waals surface area contributed by atoms with E-state index in [0.717, 1.165) is 16.9 Å². The number of rotatable bonds is 4. The minimum atomic E-state index is -0.465. The minimum absolute atomic E-state index is 0.272. The van der Waals surface area contributed by atoms with E-state index < -0.39 is 5.97 Å². The summed E-state index contributed by atoms with van der Waals surface area (Å²) in [6.07, 6.45) is 0. The molecule has 0 bridgehead atoms. The second kappa shape index (κ2) is 6.47. The molecule has 6 nitrogen and oxygen atoms in total. The number of ether oxygens (including phenoxy) is 1. The Morgan fingerprint density at radius 2 is 2.10 bits per heavy atom. The molecule has 7 heteroatoms. The molecule has 0 atom stereocenters. The van der Waals surface area contributed by atoms with Crippen molar-refractivity contribution in [2.45, 2.75) is 13.5 Å². The molecule has 0 radical (unpaired) electrons. The Morgan fingerprint density at radius 3 is 2.76 bits per heavy atom. The van der Waals surface area contributed by atoms with Crippen molar-refractivity contribution in [1.82, 2.24) is 4.98 Å². The van der Waals surface area contributed by atoms with Crippen LogP contribution >= 0.6 is 11.3 Å². The first kappa shape index (κ1) is 15.1. The van der Waals surface area contributed by atoms with Crippen LogP contribution in [0.4, 0.5) is 5.13 Å². The molecule has 110 valence electrons. The maximum absolute atomic E-state index is 12.2. The molecule has 0 spiro atoms. The number of nitrogens with zero attached hydrogens (tertiary/aromatic N) is 1. The summed E-state index contributed by atoms with van der Waals surface area (Å²) in [6.45, 7) is 1.96. The molecule has 1 heterocycles. The fourth-order valence-electron chi connectivity index (χ4n) is 1.82. The van der Waals surface area contributed by atoms with Crippen LogP contribution in [0, 0.1) is 6.92 Å². The van der Waals surface area contributed by atoms with Gasteiger partial charge in [-0.2, -0.15) is 0 Å². The predicted molar refractivity (Wildman–Crippen MR) is 80.5 cm³/mol. The number of nitrogens with two attached hydrogens (primary N) is 1. The van der Waals surface area contributed by atoms with Gasteiger partial charge < -0.3 is 10.5 Å². The lowest BCUT2D eigenvalue weighted by atomic mass is 10.1. The van der Waals surface area contributed by atoms with E-state index in [0.29, 0.717) is 21.3 Å². The highest BCUT2D eigenvalue weighted by Gasteiger charge is 2.18. The van der Waals surface area contributed by atoms with Crippen molar-refractivity contribution in [1.29, 1.82) is 0 Å². The van der Waals surface area contributed by atoms with E-state index in [1.807, 2.05) is 6.07 Å². The number of anilines is 1. The second-order valence-electron chi connectivity index (χ2n) is 4.24. The van der Waals surface area contributed by atoms with Gasteiger partial charge in [0.1, 0.15) is 4.88 Å². The van der Waals surface area contributed by atoms with Crippen LogP contribution in [0.25, 0.3) is 0 Å². The second-order valence-corrected chi connectivity index (χ2v) is 5.24. The molecule has 0 fully saturated rings. The number of benzene rings is 1. The van der Waals surface area contributed by atoms with Gasteiger partial charge in [0.15, 0.2) is 5.13 Å². The van der Waals surface area contributed by atoms with Crippen molar-refractivity contribution >= 4 is 28.3 Å². The third-order valence-electron chi connectivity index (χ3n) is 2.87. The van der Waals surface area contributed by atoms with Crippen molar-refractivity contribution in [2.75, 3.05) is 12.4 Å². The number of hydrogen-bond acceptors (Lipinski definition) is 6. The number of carbonyl (C=O) groups excluding carboxylic acids is 2. The van der Waals surface area contributed by atoms with Gasteiger partial charge in [-0.3, -0.25) is 10.1 Å². The number of aryl methyl sites for hydroxylation is 1. The molecule has 21 heavy (non-hydrogen) atoms. The van der Waals surface area contributed by atoms with Crippen molar-refractivity contribution < 1.29 is 14.3 Å². The molecule has 0 unspecified atom stereocenters. The average molecular weight is 305 g/mol. The van der Waals surface area contributed by atoms with Crippen molar-refractivity contribution in [3.05, 3.63) is 46.0 Å². The Kier molecular flexibility index (Phi) is 4.66. The number of aromatic nitrogens is 1. The Labute approximate surface area is 125 Å². The highest BCUT2D eigenvalue weighted by Crippen LogP contribution is 2.24. The third kappa shape index (κ3) is 3.26. The fourth-order valence-corrected chi connectivity index (χ4v) is 2.70. The van der Waals surface area contributed by atoms with E-state index in [-0.39, 0.29) is 12.5 Å². The third-order valence-corrected chi connectivity index (χ3v) is 3.92. The molecule has 0 saturated heterocycles. The van der Waals surface area contributed by atoms with Crippen LogP contribution in [0.2, 0.25) is 0 Å². The topological polar surface area (TPSA) is 94.3 Å². The maximum Gasteiger partial charge on any atom is 0.350 e. The van der Waals surface area contributed by atoms with Gasteiger partial charge in [0.25, 0.3) is 5.91 Å². The van der Waals surface area contributed by atoms with Crippen LogP contribution < -0.4 is 11.1 Å². The molecule has 2 rings (SSSR count). The van der Waals surface area contributed by atoms with Crippen LogP contribution in [0.1, 0.15) is 31.3 Å².